The Morgan fingerprint density at radius 2 is 1.05 bits per heavy atom. The van der Waals surface area contributed by atoms with Crippen molar-refractivity contribution < 1.29 is 0 Å². The molecule has 1 saturated carbocycles. The third kappa shape index (κ3) is 3.45. The molecule has 6 aromatic carbocycles. The predicted molar refractivity (Wildman–Crippen MR) is 172 cm³/mol. The van der Waals surface area contributed by atoms with Crippen LogP contribution in [0.2, 0.25) is 0 Å². The zero-order valence-corrected chi connectivity index (χ0v) is 22.8. The summed E-state index contributed by atoms with van der Waals surface area (Å²) in [5, 5.41) is 6.61. The number of hydrogen-bond acceptors (Lipinski definition) is 1. The molecule has 2 bridgehead atoms. The normalized spacial score (nSPS) is 17.5. The number of hydrogen-bond donors (Lipinski definition) is 0. The summed E-state index contributed by atoms with van der Waals surface area (Å²) in [7, 11) is 0. The molecule has 41 heavy (non-hydrogen) atoms. The molecule has 0 spiro atoms. The maximum Gasteiger partial charge on any atom is 0.0797 e. The maximum absolute atomic E-state index is 5.63. The van der Waals surface area contributed by atoms with Crippen LogP contribution in [0.1, 0.15) is 42.2 Å². The van der Waals surface area contributed by atoms with Gasteiger partial charge in [0.1, 0.15) is 0 Å². The molecule has 2 aliphatic rings. The summed E-state index contributed by atoms with van der Waals surface area (Å²) >= 11 is 0. The van der Waals surface area contributed by atoms with E-state index in [0.717, 1.165) is 5.52 Å². The lowest BCUT2D eigenvalue weighted by atomic mass is 9.83. The first-order valence-corrected chi connectivity index (χ1v) is 14.9. The molecular weight excluding hydrogens is 494 g/mol. The summed E-state index contributed by atoms with van der Waals surface area (Å²) < 4.78 is 0. The van der Waals surface area contributed by atoms with Crippen molar-refractivity contribution in [3.05, 3.63) is 139 Å². The summed E-state index contributed by atoms with van der Waals surface area (Å²) in [6.07, 6.45) is 3.83. The maximum atomic E-state index is 5.63. The Morgan fingerprint density at radius 1 is 0.439 bits per heavy atom. The zero-order valence-electron chi connectivity index (χ0n) is 22.8. The van der Waals surface area contributed by atoms with Crippen LogP contribution in [-0.2, 0) is 0 Å². The van der Waals surface area contributed by atoms with Gasteiger partial charge >= 0.3 is 0 Å². The molecule has 0 N–H and O–H groups in total. The number of nitrogens with zero attached hydrogens (tertiary/aromatic N) is 1. The second-order valence-electron chi connectivity index (χ2n) is 11.8. The van der Waals surface area contributed by atoms with E-state index in [0.29, 0.717) is 11.8 Å². The van der Waals surface area contributed by atoms with E-state index >= 15 is 0 Å². The molecule has 0 saturated heterocycles. The zero-order chi connectivity index (χ0) is 26.9. The molecule has 9 rings (SSSR count). The Hall–Kier alpha value is -4.75. The molecule has 7 aromatic rings. The molecule has 2 atom stereocenters. The van der Waals surface area contributed by atoms with Crippen molar-refractivity contribution in [1.82, 2.24) is 4.98 Å². The van der Waals surface area contributed by atoms with Gasteiger partial charge in [0.2, 0.25) is 0 Å². The molecule has 0 aliphatic heterocycles. The predicted octanol–water partition coefficient (Wildman–Crippen LogP) is 10.9. The van der Waals surface area contributed by atoms with Crippen LogP contribution in [0.3, 0.4) is 0 Å². The van der Waals surface area contributed by atoms with Gasteiger partial charge in [-0.2, -0.15) is 0 Å². The summed E-state index contributed by atoms with van der Waals surface area (Å²) in [5.74, 6) is 1.22. The highest BCUT2D eigenvalue weighted by molar-refractivity contribution is 6.26. The first-order chi connectivity index (χ1) is 20.3. The smallest absolute Gasteiger partial charge is 0.0797 e. The highest BCUT2D eigenvalue weighted by atomic mass is 14.7. The molecule has 1 aromatic heterocycles. The third-order valence-electron chi connectivity index (χ3n) is 9.64. The van der Waals surface area contributed by atoms with Crippen LogP contribution in [0.4, 0.5) is 0 Å². The van der Waals surface area contributed by atoms with Crippen LogP contribution in [-0.4, -0.2) is 4.98 Å². The Kier molecular flexibility index (Phi) is 4.98. The third-order valence-corrected chi connectivity index (χ3v) is 9.64. The summed E-state index contributed by atoms with van der Waals surface area (Å²) in [4.78, 5) is 5.63. The van der Waals surface area contributed by atoms with E-state index in [9.17, 15) is 0 Å². The standard InChI is InChI=1S/C40H29N/c1-3-10-25(11-4-1)27-14-9-15-31(22-27)39-37-30-19-18-29(23-30)36(37)38-33-21-20-28(26-12-5-2-6-13-26)24-35(33)32-16-7-8-17-34(32)40(38)41-39/h1-17,20-22,24,29-30H,18-19,23H2. The van der Waals surface area contributed by atoms with Gasteiger partial charge in [-0.1, -0.05) is 115 Å². The van der Waals surface area contributed by atoms with Gasteiger partial charge in [0.05, 0.1) is 11.2 Å². The minimum absolute atomic E-state index is 0.604. The van der Waals surface area contributed by atoms with Gasteiger partial charge in [-0.05, 0) is 92.8 Å². The monoisotopic (exact) mass is 523 g/mol. The SMILES string of the molecule is c1ccc(-c2cccc(-c3nc4c5ccccc5c5cc(-c6ccccc6)ccc5c4c4c3C3CCC4C3)c2)cc1. The van der Waals surface area contributed by atoms with Crippen LogP contribution in [0.5, 0.6) is 0 Å². The van der Waals surface area contributed by atoms with E-state index in [1.54, 1.807) is 5.56 Å². The van der Waals surface area contributed by atoms with E-state index in [2.05, 4.69) is 127 Å². The Labute approximate surface area is 240 Å². The van der Waals surface area contributed by atoms with E-state index in [1.165, 1.54) is 85.3 Å². The van der Waals surface area contributed by atoms with Gasteiger partial charge in [0.25, 0.3) is 0 Å². The number of rotatable bonds is 3. The lowest BCUT2D eigenvalue weighted by Crippen LogP contribution is -2.05. The largest absolute Gasteiger partial charge is 0.247 e. The molecule has 2 unspecified atom stereocenters. The van der Waals surface area contributed by atoms with Gasteiger partial charge in [-0.15, -0.1) is 0 Å². The lowest BCUT2D eigenvalue weighted by Gasteiger charge is -2.23. The first-order valence-electron chi connectivity index (χ1n) is 14.9. The fourth-order valence-electron chi connectivity index (χ4n) is 7.84. The number of aromatic nitrogens is 1. The molecule has 1 nitrogen and oxygen atoms in total. The van der Waals surface area contributed by atoms with Crippen LogP contribution >= 0.6 is 0 Å². The van der Waals surface area contributed by atoms with Gasteiger partial charge in [0, 0.05) is 16.3 Å². The molecular formula is C40H29N. The number of fused-ring (bicyclic) bond motifs is 12. The highest BCUT2D eigenvalue weighted by Gasteiger charge is 2.41. The minimum atomic E-state index is 0.604. The first kappa shape index (κ1) is 23.0. The van der Waals surface area contributed by atoms with Crippen molar-refractivity contribution in [3.8, 4) is 33.5 Å². The molecule has 2 aliphatic carbocycles. The quantitative estimate of drug-likeness (QED) is 0.210. The van der Waals surface area contributed by atoms with Crippen molar-refractivity contribution in [1.29, 1.82) is 0 Å². The van der Waals surface area contributed by atoms with E-state index in [4.69, 9.17) is 4.98 Å². The van der Waals surface area contributed by atoms with E-state index < -0.39 is 0 Å². The average Bonchev–Trinajstić information content (AvgIpc) is 3.68. The van der Waals surface area contributed by atoms with Crippen LogP contribution < -0.4 is 0 Å². The van der Waals surface area contributed by atoms with Crippen molar-refractivity contribution in [2.24, 2.45) is 0 Å². The number of benzene rings is 6. The minimum Gasteiger partial charge on any atom is -0.247 e. The molecule has 1 fully saturated rings. The highest BCUT2D eigenvalue weighted by Crippen LogP contribution is 2.58. The van der Waals surface area contributed by atoms with Crippen LogP contribution in [0.15, 0.2) is 127 Å². The van der Waals surface area contributed by atoms with Crippen molar-refractivity contribution in [2.75, 3.05) is 0 Å². The van der Waals surface area contributed by atoms with Crippen molar-refractivity contribution >= 4 is 32.4 Å². The molecule has 1 heteroatoms. The van der Waals surface area contributed by atoms with Gasteiger partial charge in [0.15, 0.2) is 0 Å². The fourth-order valence-corrected chi connectivity index (χ4v) is 7.84. The Balaban J connectivity index is 1.37. The second kappa shape index (κ2) is 8.88. The van der Waals surface area contributed by atoms with E-state index in [1.807, 2.05) is 0 Å². The van der Waals surface area contributed by atoms with Gasteiger partial charge in [-0.3, -0.25) is 0 Å². The summed E-state index contributed by atoms with van der Waals surface area (Å²) in [6, 6.07) is 46.5. The molecule has 0 amide bonds. The van der Waals surface area contributed by atoms with Crippen LogP contribution in [0.25, 0.3) is 66.0 Å². The molecule has 0 radical (unpaired) electrons. The fraction of sp³-hybridized carbons (Fsp3) is 0.125. The lowest BCUT2D eigenvalue weighted by molar-refractivity contribution is 0.721. The Bertz CT molecular complexity index is 2130. The second-order valence-corrected chi connectivity index (χ2v) is 11.8. The summed E-state index contributed by atoms with van der Waals surface area (Å²) in [5.41, 5.74) is 11.7. The van der Waals surface area contributed by atoms with Crippen molar-refractivity contribution in [3.63, 3.8) is 0 Å². The van der Waals surface area contributed by atoms with Crippen molar-refractivity contribution in [2.45, 2.75) is 31.1 Å². The summed E-state index contributed by atoms with van der Waals surface area (Å²) in [6.45, 7) is 0. The average molecular weight is 524 g/mol. The van der Waals surface area contributed by atoms with Crippen LogP contribution in [0, 0.1) is 0 Å². The number of pyridine rings is 1. The van der Waals surface area contributed by atoms with Gasteiger partial charge < -0.3 is 0 Å². The van der Waals surface area contributed by atoms with Gasteiger partial charge in [-0.25, -0.2) is 4.98 Å². The molecule has 194 valence electrons. The topological polar surface area (TPSA) is 12.9 Å². The molecule has 1 heterocycles. The Morgan fingerprint density at radius 3 is 1.80 bits per heavy atom. The van der Waals surface area contributed by atoms with E-state index in [-0.39, 0.29) is 0 Å².